The lowest BCUT2D eigenvalue weighted by atomic mass is 9.81. The van der Waals surface area contributed by atoms with Crippen LogP contribution in [0.5, 0.6) is 0 Å². The molecule has 7 heteroatoms. The van der Waals surface area contributed by atoms with Gasteiger partial charge in [-0.15, -0.1) is 0 Å². The summed E-state index contributed by atoms with van der Waals surface area (Å²) in [4.78, 5) is 37.7. The van der Waals surface area contributed by atoms with Crippen LogP contribution >= 0.6 is 0 Å². The number of amides is 2. The molecule has 0 spiro atoms. The highest BCUT2D eigenvalue weighted by Crippen LogP contribution is 2.28. The molecule has 1 aliphatic carbocycles. The van der Waals surface area contributed by atoms with Crippen LogP contribution in [0.15, 0.2) is 0 Å². The Morgan fingerprint density at radius 3 is 2.45 bits per heavy atom. The molecule has 1 aliphatic heterocycles. The summed E-state index contributed by atoms with van der Waals surface area (Å²) in [6.07, 6.45) is 6.66. The number of carbonyl (C=O) groups excluding carboxylic acids is 3. The van der Waals surface area contributed by atoms with Crippen molar-refractivity contribution < 1.29 is 19.1 Å². The first-order chi connectivity index (χ1) is 14.6. The zero-order valence-electron chi connectivity index (χ0n) is 19.5. The number of nitrogens with one attached hydrogen (secondary N) is 2. The van der Waals surface area contributed by atoms with Gasteiger partial charge in [-0.25, -0.2) is 0 Å². The normalized spacial score (nSPS) is 22.8. The Hall–Kier alpha value is -1.94. The van der Waals surface area contributed by atoms with Crippen LogP contribution in [-0.4, -0.2) is 42.4 Å². The van der Waals surface area contributed by atoms with Crippen LogP contribution in [0.3, 0.4) is 0 Å². The monoisotopic (exact) mass is 433 g/mol. The summed E-state index contributed by atoms with van der Waals surface area (Å²) in [6.45, 7) is 8.48. The Labute approximate surface area is 186 Å². The first-order valence-electron chi connectivity index (χ1n) is 11.7. The molecular formula is C24H39N3O4. The zero-order valence-corrected chi connectivity index (χ0v) is 19.5. The highest BCUT2D eigenvalue weighted by Gasteiger charge is 2.33. The number of rotatable bonds is 10. The Kier molecular flexibility index (Phi) is 9.49. The summed E-state index contributed by atoms with van der Waals surface area (Å²) in [6, 6.07) is 1.37. The van der Waals surface area contributed by atoms with Crippen molar-refractivity contribution in [3.05, 3.63) is 0 Å². The lowest BCUT2D eigenvalue weighted by Crippen LogP contribution is -2.42. The van der Waals surface area contributed by atoms with Gasteiger partial charge in [0.15, 0.2) is 5.78 Å². The second kappa shape index (κ2) is 11.6. The molecule has 2 rings (SSSR count). The summed E-state index contributed by atoms with van der Waals surface area (Å²) in [5.41, 5.74) is -0.150. The zero-order chi connectivity index (χ0) is 23.0. The molecule has 2 amide bonds. The molecule has 0 aromatic heterocycles. The van der Waals surface area contributed by atoms with Gasteiger partial charge in [0.2, 0.25) is 11.8 Å². The molecule has 1 unspecified atom stereocenters. The van der Waals surface area contributed by atoms with Crippen molar-refractivity contribution in [2.75, 3.05) is 6.54 Å². The van der Waals surface area contributed by atoms with Gasteiger partial charge >= 0.3 is 0 Å². The van der Waals surface area contributed by atoms with Gasteiger partial charge in [0.25, 0.3) is 0 Å². The second-order valence-electron chi connectivity index (χ2n) is 10.4. The summed E-state index contributed by atoms with van der Waals surface area (Å²) in [5, 5.41) is 15.1. The third-order valence-electron chi connectivity index (χ3n) is 6.23. The van der Waals surface area contributed by atoms with E-state index in [4.69, 9.17) is 4.74 Å². The van der Waals surface area contributed by atoms with E-state index in [1.165, 1.54) is 6.42 Å². The van der Waals surface area contributed by atoms with E-state index in [0.717, 1.165) is 25.7 Å². The molecule has 7 nitrogen and oxygen atoms in total. The summed E-state index contributed by atoms with van der Waals surface area (Å²) < 4.78 is 5.99. The van der Waals surface area contributed by atoms with Crippen molar-refractivity contribution in [3.8, 4) is 6.07 Å². The van der Waals surface area contributed by atoms with E-state index in [1.807, 2.05) is 20.8 Å². The van der Waals surface area contributed by atoms with E-state index < -0.39 is 18.1 Å². The predicted octanol–water partition coefficient (Wildman–Crippen LogP) is 3.27. The van der Waals surface area contributed by atoms with Gasteiger partial charge in [-0.3, -0.25) is 14.4 Å². The van der Waals surface area contributed by atoms with Crippen molar-refractivity contribution in [2.24, 2.45) is 17.3 Å². The SMILES string of the molecule is CC(OC1CCCCC1)C(=O)C[C@@H](CC(C)(C)C)C(=O)N[C@@H](C#N)C[C@@H]1CCNC1=O. The third kappa shape index (κ3) is 8.60. The van der Waals surface area contributed by atoms with E-state index in [-0.39, 0.29) is 41.5 Å². The Morgan fingerprint density at radius 1 is 1.23 bits per heavy atom. The highest BCUT2D eigenvalue weighted by atomic mass is 16.5. The van der Waals surface area contributed by atoms with Gasteiger partial charge in [0, 0.05) is 24.8 Å². The summed E-state index contributed by atoms with van der Waals surface area (Å²) >= 11 is 0. The van der Waals surface area contributed by atoms with Crippen molar-refractivity contribution >= 4 is 17.6 Å². The minimum absolute atomic E-state index is 0.0652. The predicted molar refractivity (Wildman–Crippen MR) is 118 cm³/mol. The molecule has 0 bridgehead atoms. The Balaban J connectivity index is 1.97. The number of ketones is 1. The maximum absolute atomic E-state index is 13.0. The summed E-state index contributed by atoms with van der Waals surface area (Å²) in [7, 11) is 0. The lowest BCUT2D eigenvalue weighted by molar-refractivity contribution is -0.139. The van der Waals surface area contributed by atoms with E-state index in [0.29, 0.717) is 25.8 Å². The minimum atomic E-state index is -0.741. The fourth-order valence-electron chi connectivity index (χ4n) is 4.56. The average Bonchev–Trinajstić information content (AvgIpc) is 3.11. The van der Waals surface area contributed by atoms with Crippen molar-refractivity contribution in [3.63, 3.8) is 0 Å². The van der Waals surface area contributed by atoms with E-state index in [9.17, 15) is 19.6 Å². The first-order valence-corrected chi connectivity index (χ1v) is 11.7. The van der Waals surface area contributed by atoms with Gasteiger partial charge < -0.3 is 15.4 Å². The molecule has 1 saturated heterocycles. The number of nitriles is 1. The molecule has 0 aromatic rings. The van der Waals surface area contributed by atoms with Crippen LogP contribution in [0.4, 0.5) is 0 Å². The highest BCUT2D eigenvalue weighted by molar-refractivity contribution is 5.89. The third-order valence-corrected chi connectivity index (χ3v) is 6.23. The maximum Gasteiger partial charge on any atom is 0.224 e. The second-order valence-corrected chi connectivity index (χ2v) is 10.4. The number of Topliss-reactive ketones (excluding diaryl/α,β-unsaturated/α-hetero) is 1. The molecule has 31 heavy (non-hydrogen) atoms. The van der Waals surface area contributed by atoms with Crippen molar-refractivity contribution in [2.45, 2.75) is 104 Å². The minimum Gasteiger partial charge on any atom is -0.368 e. The van der Waals surface area contributed by atoms with Gasteiger partial charge in [-0.1, -0.05) is 40.0 Å². The number of ether oxygens (including phenoxy) is 1. The van der Waals surface area contributed by atoms with E-state index >= 15 is 0 Å². The number of hydrogen-bond acceptors (Lipinski definition) is 5. The van der Waals surface area contributed by atoms with E-state index in [1.54, 1.807) is 6.92 Å². The fraction of sp³-hybridized carbons (Fsp3) is 0.833. The molecule has 2 N–H and O–H groups in total. The Morgan fingerprint density at radius 2 is 1.90 bits per heavy atom. The molecule has 174 valence electrons. The Bertz CT molecular complexity index is 673. The number of carbonyl (C=O) groups is 3. The molecule has 2 fully saturated rings. The standard InChI is InChI=1S/C24H39N3O4/c1-16(31-20-8-6-5-7-9-20)21(28)13-18(14-24(2,3)4)23(30)27-19(15-25)12-17-10-11-26-22(17)29/h16-20H,5-14H2,1-4H3,(H,26,29)(H,27,30)/t16?,17-,18-,19+/m0/s1. The molecule has 0 aromatic carbocycles. The molecule has 1 heterocycles. The molecule has 4 atom stereocenters. The van der Waals surface area contributed by atoms with Crippen LogP contribution in [0.2, 0.25) is 0 Å². The van der Waals surface area contributed by atoms with Crippen molar-refractivity contribution in [1.29, 1.82) is 5.26 Å². The number of nitrogens with zero attached hydrogens (tertiary/aromatic N) is 1. The van der Waals surface area contributed by atoms with Crippen LogP contribution in [0.1, 0.15) is 85.5 Å². The first kappa shape index (κ1) is 25.3. The molecule has 0 radical (unpaired) electrons. The van der Waals surface area contributed by atoms with Crippen LogP contribution in [-0.2, 0) is 19.1 Å². The smallest absolute Gasteiger partial charge is 0.224 e. The van der Waals surface area contributed by atoms with Gasteiger partial charge in [0.1, 0.15) is 12.1 Å². The molecular weight excluding hydrogens is 394 g/mol. The van der Waals surface area contributed by atoms with Crippen LogP contribution in [0.25, 0.3) is 0 Å². The van der Waals surface area contributed by atoms with Crippen LogP contribution in [0, 0.1) is 28.6 Å². The topological polar surface area (TPSA) is 108 Å². The maximum atomic E-state index is 13.0. The quantitative estimate of drug-likeness (QED) is 0.550. The van der Waals surface area contributed by atoms with Crippen LogP contribution < -0.4 is 10.6 Å². The summed E-state index contributed by atoms with van der Waals surface area (Å²) in [5.74, 6) is -1.21. The molecule has 1 saturated carbocycles. The van der Waals surface area contributed by atoms with Crippen molar-refractivity contribution in [1.82, 2.24) is 10.6 Å². The molecule has 2 aliphatic rings. The van der Waals surface area contributed by atoms with E-state index in [2.05, 4.69) is 16.7 Å². The number of hydrogen-bond donors (Lipinski definition) is 2. The van der Waals surface area contributed by atoms with Gasteiger partial charge in [0.05, 0.1) is 12.2 Å². The fourth-order valence-corrected chi connectivity index (χ4v) is 4.56. The van der Waals surface area contributed by atoms with Gasteiger partial charge in [-0.05, 0) is 44.4 Å². The largest absolute Gasteiger partial charge is 0.368 e. The lowest BCUT2D eigenvalue weighted by Gasteiger charge is -2.28. The van der Waals surface area contributed by atoms with Gasteiger partial charge in [-0.2, -0.15) is 5.26 Å². The average molecular weight is 434 g/mol.